The molecule has 1 saturated heterocycles. The zero-order valence-electron chi connectivity index (χ0n) is 22.7. The van der Waals surface area contributed by atoms with Crippen LogP contribution < -0.4 is 10.6 Å². The van der Waals surface area contributed by atoms with Crippen molar-refractivity contribution in [2.24, 2.45) is 0 Å². The Kier molecular flexibility index (Phi) is 7.82. The van der Waals surface area contributed by atoms with E-state index < -0.39 is 0 Å². The molecule has 8 heteroatoms. The van der Waals surface area contributed by atoms with Crippen molar-refractivity contribution in [1.29, 1.82) is 0 Å². The number of aromatic nitrogens is 3. The molecule has 0 spiro atoms. The van der Waals surface area contributed by atoms with E-state index in [-0.39, 0.29) is 23.9 Å². The molecule has 3 heterocycles. The minimum atomic E-state index is -0.266. The average molecular weight is 545 g/mol. The van der Waals surface area contributed by atoms with Gasteiger partial charge >= 0.3 is 0 Å². The number of piperidine rings is 1. The summed E-state index contributed by atoms with van der Waals surface area (Å²) >= 11 is 0. The fraction of sp³-hybridized carbons (Fsp3) is 0.212. The molecule has 1 aliphatic rings. The van der Waals surface area contributed by atoms with E-state index in [9.17, 15) is 9.59 Å². The lowest BCUT2D eigenvalue weighted by Gasteiger charge is -2.39. The first kappa shape index (κ1) is 26.4. The van der Waals surface area contributed by atoms with E-state index in [4.69, 9.17) is 0 Å². The van der Waals surface area contributed by atoms with Gasteiger partial charge in [-0.1, -0.05) is 60.7 Å². The smallest absolute Gasteiger partial charge is 0.251 e. The fourth-order valence-electron chi connectivity index (χ4n) is 5.51. The van der Waals surface area contributed by atoms with Crippen molar-refractivity contribution in [2.45, 2.75) is 38.0 Å². The molecule has 2 atom stereocenters. The molecule has 0 aliphatic carbocycles. The van der Waals surface area contributed by atoms with Crippen molar-refractivity contribution in [1.82, 2.24) is 30.7 Å². The van der Waals surface area contributed by atoms with E-state index in [2.05, 4.69) is 42.8 Å². The molecule has 8 nitrogen and oxygen atoms in total. The van der Waals surface area contributed by atoms with Crippen LogP contribution in [0.25, 0.3) is 22.2 Å². The number of aromatic amines is 1. The molecule has 1 aliphatic heterocycles. The molecule has 3 N–H and O–H groups in total. The Morgan fingerprint density at radius 3 is 2.37 bits per heavy atom. The average Bonchev–Trinajstić information content (AvgIpc) is 3.45. The first-order chi connectivity index (χ1) is 20.1. The van der Waals surface area contributed by atoms with E-state index in [0.717, 1.165) is 39.7 Å². The van der Waals surface area contributed by atoms with Crippen molar-refractivity contribution in [3.05, 3.63) is 120 Å². The van der Waals surface area contributed by atoms with Crippen LogP contribution in [0.15, 0.2) is 103 Å². The maximum atomic E-state index is 13.4. The Balaban J connectivity index is 1.16. The summed E-state index contributed by atoms with van der Waals surface area (Å²) in [5.74, 6) is -0.117. The fourth-order valence-corrected chi connectivity index (χ4v) is 5.51. The summed E-state index contributed by atoms with van der Waals surface area (Å²) in [6.07, 6.45) is 4.83. The predicted molar refractivity (Wildman–Crippen MR) is 159 cm³/mol. The highest BCUT2D eigenvalue weighted by atomic mass is 16.2. The number of nitrogens with zero attached hydrogens (tertiary/aromatic N) is 3. The molecule has 0 bridgehead atoms. The number of pyridine rings is 1. The summed E-state index contributed by atoms with van der Waals surface area (Å²) < 4.78 is 0. The van der Waals surface area contributed by atoms with Crippen LogP contribution in [0, 0.1) is 0 Å². The molecule has 41 heavy (non-hydrogen) atoms. The van der Waals surface area contributed by atoms with E-state index in [1.54, 1.807) is 12.4 Å². The second-order valence-electron chi connectivity index (χ2n) is 10.5. The molecule has 206 valence electrons. The summed E-state index contributed by atoms with van der Waals surface area (Å²) in [4.78, 5) is 33.0. The summed E-state index contributed by atoms with van der Waals surface area (Å²) in [6, 6.07) is 29.1. The van der Waals surface area contributed by atoms with Gasteiger partial charge in [0, 0.05) is 54.6 Å². The Morgan fingerprint density at radius 1 is 0.878 bits per heavy atom. The Hall–Kier alpha value is -4.82. The largest absolute Gasteiger partial charge is 0.351 e. The van der Waals surface area contributed by atoms with Crippen LogP contribution in [-0.4, -0.2) is 50.5 Å². The van der Waals surface area contributed by atoms with Crippen LogP contribution in [-0.2, 0) is 17.9 Å². The van der Waals surface area contributed by atoms with Crippen molar-refractivity contribution in [3.8, 4) is 11.3 Å². The number of rotatable bonds is 8. The van der Waals surface area contributed by atoms with Crippen molar-refractivity contribution in [2.75, 3.05) is 6.54 Å². The Bertz CT molecular complexity index is 1620. The third-order valence-electron chi connectivity index (χ3n) is 7.64. The van der Waals surface area contributed by atoms with Gasteiger partial charge in [0.05, 0.1) is 11.6 Å². The van der Waals surface area contributed by atoms with Gasteiger partial charge in [-0.15, -0.1) is 0 Å². The normalized spacial score (nSPS) is 17.3. The second kappa shape index (κ2) is 12.1. The van der Waals surface area contributed by atoms with Crippen LogP contribution >= 0.6 is 0 Å². The Morgan fingerprint density at radius 2 is 1.61 bits per heavy atom. The summed E-state index contributed by atoms with van der Waals surface area (Å²) in [6.45, 7) is 1.71. The lowest BCUT2D eigenvalue weighted by molar-refractivity contribution is -0.128. The minimum Gasteiger partial charge on any atom is -0.351 e. The van der Waals surface area contributed by atoms with Gasteiger partial charge in [0.2, 0.25) is 5.91 Å². The third-order valence-corrected chi connectivity index (χ3v) is 7.64. The van der Waals surface area contributed by atoms with Crippen LogP contribution in [0.1, 0.15) is 34.3 Å². The number of H-pyrrole nitrogens is 1. The minimum absolute atomic E-state index is 0.0172. The molecule has 6 rings (SSSR count). The molecule has 0 radical (unpaired) electrons. The van der Waals surface area contributed by atoms with E-state index in [1.165, 1.54) is 0 Å². The number of hydrogen-bond acceptors (Lipinski definition) is 5. The molecule has 1 fully saturated rings. The number of carbonyl (C=O) groups is 2. The highest BCUT2D eigenvalue weighted by Gasteiger charge is 2.33. The van der Waals surface area contributed by atoms with Gasteiger partial charge < -0.3 is 10.6 Å². The second-order valence-corrected chi connectivity index (χ2v) is 10.5. The van der Waals surface area contributed by atoms with Crippen LogP contribution in [0.5, 0.6) is 0 Å². The molecular weight excluding hydrogens is 512 g/mol. The number of benzene rings is 3. The Labute approximate surface area is 238 Å². The topological polar surface area (TPSA) is 103 Å². The van der Waals surface area contributed by atoms with Gasteiger partial charge in [0.1, 0.15) is 5.69 Å². The number of fused-ring (bicyclic) bond motifs is 1. The molecule has 0 unspecified atom stereocenters. The molecule has 5 aromatic rings. The van der Waals surface area contributed by atoms with Gasteiger partial charge in [-0.25, -0.2) is 0 Å². The monoisotopic (exact) mass is 544 g/mol. The summed E-state index contributed by atoms with van der Waals surface area (Å²) in [5.41, 5.74) is 5.36. The highest BCUT2D eigenvalue weighted by molar-refractivity contribution is 6.01. The number of hydrogen-bond donors (Lipinski definition) is 3. The maximum absolute atomic E-state index is 13.4. The first-order valence-electron chi connectivity index (χ1n) is 13.9. The van der Waals surface area contributed by atoms with Gasteiger partial charge in [0.15, 0.2) is 0 Å². The van der Waals surface area contributed by atoms with Gasteiger partial charge in [-0.05, 0) is 54.3 Å². The van der Waals surface area contributed by atoms with E-state index in [0.29, 0.717) is 31.6 Å². The van der Waals surface area contributed by atoms with Crippen LogP contribution in [0.4, 0.5) is 0 Å². The first-order valence-corrected chi connectivity index (χ1v) is 13.9. The number of likely N-dealkylation sites (tertiary alicyclic amines) is 1. The molecule has 2 aromatic heterocycles. The van der Waals surface area contributed by atoms with Crippen molar-refractivity contribution >= 4 is 22.7 Å². The van der Waals surface area contributed by atoms with Crippen LogP contribution in [0.2, 0.25) is 0 Å². The van der Waals surface area contributed by atoms with E-state index in [1.807, 2.05) is 78.9 Å². The highest BCUT2D eigenvalue weighted by Crippen LogP contribution is 2.27. The maximum Gasteiger partial charge on any atom is 0.251 e. The number of carbonyl (C=O) groups excluding carboxylic acids is 2. The SMILES string of the molecule is O=C(N[C@@H]1CC[C@@H](C(=O)NCc2ccccc2)N(Cc2ccccc2)C1)c1ccc2[nH]nc(-c3ccncc3)c2c1. The van der Waals surface area contributed by atoms with Gasteiger partial charge in [0.25, 0.3) is 5.91 Å². The predicted octanol–water partition coefficient (Wildman–Crippen LogP) is 4.70. The zero-order valence-corrected chi connectivity index (χ0v) is 22.7. The third kappa shape index (κ3) is 6.18. The summed E-state index contributed by atoms with van der Waals surface area (Å²) in [5, 5.41) is 14.7. The van der Waals surface area contributed by atoms with E-state index >= 15 is 0 Å². The van der Waals surface area contributed by atoms with Gasteiger partial charge in [-0.2, -0.15) is 5.10 Å². The van der Waals surface area contributed by atoms with Crippen LogP contribution in [0.3, 0.4) is 0 Å². The molecule has 3 aromatic carbocycles. The molecule has 2 amide bonds. The number of nitrogens with one attached hydrogen (secondary N) is 3. The van der Waals surface area contributed by atoms with Crippen molar-refractivity contribution < 1.29 is 9.59 Å². The number of amides is 2. The van der Waals surface area contributed by atoms with Crippen molar-refractivity contribution in [3.63, 3.8) is 0 Å². The summed E-state index contributed by atoms with van der Waals surface area (Å²) in [7, 11) is 0. The quantitative estimate of drug-likeness (QED) is 0.263. The molecule has 0 saturated carbocycles. The van der Waals surface area contributed by atoms with Gasteiger partial charge in [-0.3, -0.25) is 24.6 Å². The lowest BCUT2D eigenvalue weighted by Crippen LogP contribution is -2.56. The standard InChI is InChI=1S/C33H32N6O2/c40-32(26-11-13-29-28(19-26)31(38-37-29)25-15-17-34-18-16-25)36-27-12-14-30(33(41)35-20-23-7-3-1-4-8-23)39(22-27)21-24-9-5-2-6-10-24/h1-11,13,15-19,27,30H,12,14,20-22H2,(H,35,41)(H,36,40)(H,37,38)/t27-,30+/m1/s1. The lowest BCUT2D eigenvalue weighted by atomic mass is 9.96. The molecular formula is C33H32N6O2. The zero-order chi connectivity index (χ0) is 28.0.